The van der Waals surface area contributed by atoms with E-state index in [4.69, 9.17) is 0 Å². The highest BCUT2D eigenvalue weighted by atomic mass is 79.9. The van der Waals surface area contributed by atoms with Gasteiger partial charge in [0.1, 0.15) is 0 Å². The highest BCUT2D eigenvalue weighted by Gasteiger charge is 2.31. The fourth-order valence-electron chi connectivity index (χ4n) is 2.21. The maximum atomic E-state index is 12.6. The third-order valence-electron chi connectivity index (χ3n) is 3.16. The fourth-order valence-corrected chi connectivity index (χ4v) is 4.52. The number of sulfonamides is 1. The number of nitrogens with zero attached hydrogens (tertiary/aromatic N) is 1. The summed E-state index contributed by atoms with van der Waals surface area (Å²) in [6, 6.07) is 5.27. The van der Waals surface area contributed by atoms with Crippen LogP contribution in [-0.2, 0) is 10.0 Å². The van der Waals surface area contributed by atoms with E-state index in [0.29, 0.717) is 24.5 Å². The normalized spacial score (nSPS) is 20.9. The number of benzene rings is 1. The summed E-state index contributed by atoms with van der Waals surface area (Å²) in [5.41, 5.74) is 0.773. The van der Waals surface area contributed by atoms with Crippen LogP contribution in [-0.4, -0.2) is 38.4 Å². The zero-order chi connectivity index (χ0) is 13.3. The average molecular weight is 370 g/mol. The quantitative estimate of drug-likeness (QED) is 0.869. The number of halogens is 2. The molecule has 4 nitrogen and oxygen atoms in total. The van der Waals surface area contributed by atoms with Crippen LogP contribution in [0.5, 0.6) is 0 Å². The van der Waals surface area contributed by atoms with Crippen molar-refractivity contribution in [3.05, 3.63) is 28.2 Å². The Bertz CT molecular complexity index is 551. The lowest BCUT2D eigenvalue weighted by molar-refractivity contribution is 0.283. The van der Waals surface area contributed by atoms with Gasteiger partial charge in [-0.3, -0.25) is 0 Å². The van der Waals surface area contributed by atoms with E-state index in [2.05, 4.69) is 21.2 Å². The van der Waals surface area contributed by atoms with Gasteiger partial charge < -0.3 is 5.32 Å². The van der Waals surface area contributed by atoms with Crippen LogP contribution >= 0.6 is 28.3 Å². The molecule has 0 spiro atoms. The van der Waals surface area contributed by atoms with Crippen molar-refractivity contribution in [1.82, 2.24) is 9.62 Å². The van der Waals surface area contributed by atoms with Crippen LogP contribution in [0.25, 0.3) is 0 Å². The lowest BCUT2D eigenvalue weighted by atomic mass is 10.2. The van der Waals surface area contributed by atoms with Crippen LogP contribution in [0.4, 0.5) is 0 Å². The molecule has 1 heterocycles. The van der Waals surface area contributed by atoms with Gasteiger partial charge in [-0.05, 0) is 37.6 Å². The van der Waals surface area contributed by atoms with Gasteiger partial charge in [-0.2, -0.15) is 4.31 Å². The van der Waals surface area contributed by atoms with Crippen molar-refractivity contribution in [3.8, 4) is 0 Å². The molecule has 0 saturated carbocycles. The van der Waals surface area contributed by atoms with Gasteiger partial charge in [-0.25, -0.2) is 8.42 Å². The van der Waals surface area contributed by atoms with Crippen LogP contribution < -0.4 is 5.32 Å². The minimum atomic E-state index is -3.39. The van der Waals surface area contributed by atoms with E-state index in [1.54, 1.807) is 16.4 Å². The molecule has 2 rings (SSSR count). The van der Waals surface area contributed by atoms with Crippen LogP contribution in [0.3, 0.4) is 0 Å². The summed E-state index contributed by atoms with van der Waals surface area (Å²) in [5, 5.41) is 3.20. The van der Waals surface area contributed by atoms with Crippen LogP contribution in [0.15, 0.2) is 27.6 Å². The zero-order valence-electron chi connectivity index (χ0n) is 10.9. The number of nitrogens with one attached hydrogen (secondary N) is 1. The van der Waals surface area contributed by atoms with E-state index in [0.717, 1.165) is 10.0 Å². The van der Waals surface area contributed by atoms with Gasteiger partial charge in [0.2, 0.25) is 10.0 Å². The molecule has 1 unspecified atom stereocenters. The number of hydrogen-bond donors (Lipinski definition) is 1. The predicted octanol–water partition coefficient (Wildman–Crippen LogP) is 2.16. The molecule has 1 aromatic carbocycles. The SMILES string of the molecule is Cc1cc(Br)ccc1S(=O)(=O)N1CCNCC1C.Cl. The Morgan fingerprint density at radius 1 is 1.42 bits per heavy atom. The first-order valence-corrected chi connectivity index (χ1v) is 8.15. The molecule has 0 amide bonds. The maximum Gasteiger partial charge on any atom is 0.243 e. The largest absolute Gasteiger partial charge is 0.314 e. The van der Waals surface area contributed by atoms with Crippen LogP contribution in [0.2, 0.25) is 0 Å². The molecule has 0 aliphatic carbocycles. The Labute approximate surface area is 129 Å². The molecular formula is C12H18BrClN2O2S. The second kappa shape index (κ2) is 6.54. The Hall–Kier alpha value is -0.140. The number of piperazine rings is 1. The van der Waals surface area contributed by atoms with Gasteiger partial charge in [0, 0.05) is 30.1 Å². The monoisotopic (exact) mass is 368 g/mol. The summed E-state index contributed by atoms with van der Waals surface area (Å²) in [7, 11) is -3.39. The number of rotatable bonds is 2. The van der Waals surface area contributed by atoms with Gasteiger partial charge in [-0.15, -0.1) is 12.4 Å². The second-order valence-electron chi connectivity index (χ2n) is 4.58. The van der Waals surface area contributed by atoms with E-state index >= 15 is 0 Å². The molecule has 1 aromatic rings. The van der Waals surface area contributed by atoms with Gasteiger partial charge in [0.15, 0.2) is 0 Å². The van der Waals surface area contributed by atoms with E-state index < -0.39 is 10.0 Å². The summed E-state index contributed by atoms with van der Waals surface area (Å²) in [6.07, 6.45) is 0. The molecule has 0 aromatic heterocycles. The van der Waals surface area contributed by atoms with Gasteiger partial charge in [-0.1, -0.05) is 15.9 Å². The minimum Gasteiger partial charge on any atom is -0.314 e. The van der Waals surface area contributed by atoms with Crippen molar-refractivity contribution in [3.63, 3.8) is 0 Å². The van der Waals surface area contributed by atoms with E-state index in [1.165, 1.54) is 0 Å². The molecule has 1 N–H and O–H groups in total. The molecule has 108 valence electrons. The standard InChI is InChI=1S/C12H17BrN2O2S.ClH/c1-9-7-11(13)3-4-12(9)18(16,17)15-6-5-14-8-10(15)2;/h3-4,7,10,14H,5-6,8H2,1-2H3;1H. The molecule has 1 aliphatic rings. The lowest BCUT2D eigenvalue weighted by Crippen LogP contribution is -2.52. The van der Waals surface area contributed by atoms with Crippen molar-refractivity contribution in [2.45, 2.75) is 24.8 Å². The van der Waals surface area contributed by atoms with Crippen molar-refractivity contribution in [2.24, 2.45) is 0 Å². The molecular weight excluding hydrogens is 352 g/mol. The van der Waals surface area contributed by atoms with Crippen LogP contribution in [0.1, 0.15) is 12.5 Å². The third kappa shape index (κ3) is 3.49. The molecule has 0 bridgehead atoms. The fraction of sp³-hybridized carbons (Fsp3) is 0.500. The van der Waals surface area contributed by atoms with E-state index in [-0.39, 0.29) is 18.4 Å². The average Bonchev–Trinajstić information content (AvgIpc) is 2.28. The van der Waals surface area contributed by atoms with Crippen LogP contribution in [0, 0.1) is 6.92 Å². The minimum absolute atomic E-state index is 0. The first-order chi connectivity index (χ1) is 8.43. The molecule has 19 heavy (non-hydrogen) atoms. The second-order valence-corrected chi connectivity index (χ2v) is 7.35. The number of aryl methyl sites for hydroxylation is 1. The summed E-state index contributed by atoms with van der Waals surface area (Å²) >= 11 is 3.35. The topological polar surface area (TPSA) is 49.4 Å². The molecule has 1 fully saturated rings. The van der Waals surface area contributed by atoms with Gasteiger partial charge in [0.25, 0.3) is 0 Å². The maximum absolute atomic E-state index is 12.6. The van der Waals surface area contributed by atoms with Gasteiger partial charge >= 0.3 is 0 Å². The Balaban J connectivity index is 0.00000180. The first-order valence-electron chi connectivity index (χ1n) is 5.91. The third-order valence-corrected chi connectivity index (χ3v) is 5.83. The van der Waals surface area contributed by atoms with Crippen molar-refractivity contribution < 1.29 is 8.42 Å². The molecule has 1 aliphatic heterocycles. The number of hydrogen-bond acceptors (Lipinski definition) is 3. The van der Waals surface area contributed by atoms with Gasteiger partial charge in [0.05, 0.1) is 4.90 Å². The predicted molar refractivity (Wildman–Crippen MR) is 82.4 cm³/mol. The lowest BCUT2D eigenvalue weighted by Gasteiger charge is -2.33. The summed E-state index contributed by atoms with van der Waals surface area (Å²) in [4.78, 5) is 0.402. The highest BCUT2D eigenvalue weighted by Crippen LogP contribution is 2.24. The summed E-state index contributed by atoms with van der Waals surface area (Å²) in [5.74, 6) is 0. The van der Waals surface area contributed by atoms with Crippen molar-refractivity contribution >= 4 is 38.4 Å². The van der Waals surface area contributed by atoms with Crippen molar-refractivity contribution in [2.75, 3.05) is 19.6 Å². The summed E-state index contributed by atoms with van der Waals surface area (Å²) < 4.78 is 27.7. The zero-order valence-corrected chi connectivity index (χ0v) is 14.1. The van der Waals surface area contributed by atoms with E-state index in [1.807, 2.05) is 19.9 Å². The molecule has 0 radical (unpaired) electrons. The molecule has 7 heteroatoms. The Morgan fingerprint density at radius 3 is 2.68 bits per heavy atom. The van der Waals surface area contributed by atoms with Crippen molar-refractivity contribution in [1.29, 1.82) is 0 Å². The summed E-state index contributed by atoms with van der Waals surface area (Å²) in [6.45, 7) is 5.69. The highest BCUT2D eigenvalue weighted by molar-refractivity contribution is 9.10. The molecule has 1 atom stereocenters. The molecule has 1 saturated heterocycles. The van der Waals surface area contributed by atoms with E-state index in [9.17, 15) is 8.42 Å². The smallest absolute Gasteiger partial charge is 0.243 e. The Kier molecular flexibility index (Phi) is 5.82. The Morgan fingerprint density at radius 2 is 2.11 bits per heavy atom. The first kappa shape index (κ1) is 16.9.